The molecule has 8 nitrogen and oxygen atoms in total. The molecule has 0 atom stereocenters. The van der Waals surface area contributed by atoms with Crippen molar-refractivity contribution in [3.63, 3.8) is 0 Å². The molecule has 1 saturated heterocycles. The fraction of sp³-hybridized carbons (Fsp3) is 0.444. The number of rotatable bonds is 4. The summed E-state index contributed by atoms with van der Waals surface area (Å²) in [5.41, 5.74) is 1.53. The number of fused-ring (bicyclic) bond motifs is 1. The molecule has 0 bridgehead atoms. The molecule has 4 heterocycles. The van der Waals surface area contributed by atoms with Crippen LogP contribution in [-0.4, -0.2) is 50.6 Å². The molecular formula is C18H20ClN7O. The van der Waals surface area contributed by atoms with Crippen molar-refractivity contribution in [3.8, 4) is 0 Å². The lowest BCUT2D eigenvalue weighted by molar-refractivity contribution is 0.531. The molecular weight excluding hydrogens is 366 g/mol. The van der Waals surface area contributed by atoms with Crippen LogP contribution in [0.15, 0.2) is 35.6 Å². The zero-order chi connectivity index (χ0) is 18.4. The molecule has 27 heavy (non-hydrogen) atoms. The molecule has 3 aromatic rings. The van der Waals surface area contributed by atoms with Crippen molar-refractivity contribution in [2.75, 3.05) is 36.0 Å². The summed E-state index contributed by atoms with van der Waals surface area (Å²) in [6.45, 7) is 3.76. The molecule has 0 aromatic carbocycles. The van der Waals surface area contributed by atoms with Gasteiger partial charge in [-0.3, -0.25) is 4.79 Å². The lowest BCUT2D eigenvalue weighted by Gasteiger charge is -2.36. The van der Waals surface area contributed by atoms with Gasteiger partial charge in [0.15, 0.2) is 5.82 Å². The van der Waals surface area contributed by atoms with Gasteiger partial charge in [-0.2, -0.15) is 10.2 Å². The van der Waals surface area contributed by atoms with Crippen molar-refractivity contribution >= 4 is 28.6 Å². The van der Waals surface area contributed by atoms with Gasteiger partial charge in [0.1, 0.15) is 10.5 Å². The second-order valence-corrected chi connectivity index (χ2v) is 7.54. The average Bonchev–Trinajstić information content (AvgIpc) is 3.38. The second-order valence-electron chi connectivity index (χ2n) is 7.16. The Labute approximate surface area is 161 Å². The molecule has 1 aliphatic heterocycles. The number of hydrogen-bond donors (Lipinski definition) is 0. The van der Waals surface area contributed by atoms with E-state index in [1.807, 2.05) is 16.8 Å². The van der Waals surface area contributed by atoms with E-state index in [2.05, 4.69) is 25.0 Å². The van der Waals surface area contributed by atoms with Crippen LogP contribution < -0.4 is 15.4 Å². The SMILES string of the molecule is O=c1c(Cl)c(N2CCN(c3nccn4nccc34)CC2)cnn1CC1CC1. The first-order chi connectivity index (χ1) is 13.2. The van der Waals surface area contributed by atoms with E-state index in [9.17, 15) is 4.79 Å². The Morgan fingerprint density at radius 1 is 1.07 bits per heavy atom. The highest BCUT2D eigenvalue weighted by atomic mass is 35.5. The molecule has 140 valence electrons. The van der Waals surface area contributed by atoms with E-state index in [1.165, 1.54) is 17.5 Å². The number of halogens is 1. The Kier molecular flexibility index (Phi) is 4.00. The van der Waals surface area contributed by atoms with Gasteiger partial charge in [-0.25, -0.2) is 14.2 Å². The zero-order valence-corrected chi connectivity index (χ0v) is 15.6. The quantitative estimate of drug-likeness (QED) is 0.680. The van der Waals surface area contributed by atoms with Crippen molar-refractivity contribution in [2.24, 2.45) is 5.92 Å². The largest absolute Gasteiger partial charge is 0.365 e. The smallest absolute Gasteiger partial charge is 0.287 e. The van der Waals surface area contributed by atoms with Gasteiger partial charge in [0.2, 0.25) is 0 Å². The van der Waals surface area contributed by atoms with Gasteiger partial charge in [-0.1, -0.05) is 11.6 Å². The summed E-state index contributed by atoms with van der Waals surface area (Å²) in [4.78, 5) is 21.4. The van der Waals surface area contributed by atoms with E-state index >= 15 is 0 Å². The number of anilines is 2. The zero-order valence-electron chi connectivity index (χ0n) is 14.8. The third-order valence-corrected chi connectivity index (χ3v) is 5.67. The van der Waals surface area contributed by atoms with Crippen LogP contribution in [0.4, 0.5) is 11.5 Å². The maximum atomic E-state index is 12.5. The summed E-state index contributed by atoms with van der Waals surface area (Å²) in [5, 5.41) is 8.89. The molecule has 5 rings (SSSR count). The highest BCUT2D eigenvalue weighted by Gasteiger charge is 2.26. The summed E-state index contributed by atoms with van der Waals surface area (Å²) >= 11 is 6.40. The minimum atomic E-state index is -0.186. The standard InChI is InChI=1S/C18H20ClN7O/c19-16-15(11-22-26(18(16)27)12-13-1-2-13)23-7-9-24(10-8-23)17-14-3-4-21-25(14)6-5-20-17/h3-6,11,13H,1-2,7-10,12H2. The lowest BCUT2D eigenvalue weighted by Crippen LogP contribution is -2.47. The third kappa shape index (κ3) is 3.03. The maximum absolute atomic E-state index is 12.5. The first kappa shape index (κ1) is 16.6. The van der Waals surface area contributed by atoms with Gasteiger partial charge in [0.25, 0.3) is 5.56 Å². The van der Waals surface area contributed by atoms with Crippen LogP contribution in [0.3, 0.4) is 0 Å². The van der Waals surface area contributed by atoms with Crippen molar-refractivity contribution in [3.05, 3.63) is 46.2 Å². The summed E-state index contributed by atoms with van der Waals surface area (Å²) in [5.74, 6) is 1.51. The summed E-state index contributed by atoms with van der Waals surface area (Å²) in [7, 11) is 0. The van der Waals surface area contributed by atoms with E-state index in [4.69, 9.17) is 11.6 Å². The first-order valence-electron chi connectivity index (χ1n) is 9.24. The van der Waals surface area contributed by atoms with Gasteiger partial charge in [-0.05, 0) is 24.8 Å². The van der Waals surface area contributed by atoms with E-state index in [0.29, 0.717) is 12.5 Å². The highest BCUT2D eigenvalue weighted by Crippen LogP contribution is 2.30. The van der Waals surface area contributed by atoms with Crippen molar-refractivity contribution in [1.29, 1.82) is 0 Å². The Morgan fingerprint density at radius 3 is 2.63 bits per heavy atom. The minimum Gasteiger partial charge on any atom is -0.365 e. The van der Waals surface area contributed by atoms with Gasteiger partial charge in [-0.15, -0.1) is 0 Å². The van der Waals surface area contributed by atoms with Gasteiger partial charge >= 0.3 is 0 Å². The highest BCUT2D eigenvalue weighted by molar-refractivity contribution is 6.33. The maximum Gasteiger partial charge on any atom is 0.287 e. The normalized spacial score (nSPS) is 17.7. The predicted octanol–water partition coefficient (Wildman–Crippen LogP) is 1.68. The third-order valence-electron chi connectivity index (χ3n) is 5.32. The van der Waals surface area contributed by atoms with Crippen LogP contribution in [0.1, 0.15) is 12.8 Å². The van der Waals surface area contributed by atoms with Crippen LogP contribution in [0.25, 0.3) is 5.52 Å². The molecule has 1 saturated carbocycles. The first-order valence-corrected chi connectivity index (χ1v) is 9.62. The van der Waals surface area contributed by atoms with Gasteiger partial charge in [0, 0.05) is 45.1 Å². The van der Waals surface area contributed by atoms with E-state index < -0.39 is 0 Å². The van der Waals surface area contributed by atoms with Crippen LogP contribution in [0, 0.1) is 5.92 Å². The van der Waals surface area contributed by atoms with Gasteiger partial charge < -0.3 is 9.80 Å². The van der Waals surface area contributed by atoms with Gasteiger partial charge in [0.05, 0.1) is 18.1 Å². The summed E-state index contributed by atoms with van der Waals surface area (Å²) in [6.07, 6.45) is 9.47. The van der Waals surface area contributed by atoms with Crippen LogP contribution in [0.5, 0.6) is 0 Å². The number of hydrogen-bond acceptors (Lipinski definition) is 6. The Bertz CT molecular complexity index is 1030. The molecule has 9 heteroatoms. The molecule has 2 fully saturated rings. The molecule has 1 aliphatic carbocycles. The molecule has 2 aliphatic rings. The Balaban J connectivity index is 1.34. The minimum absolute atomic E-state index is 0.186. The molecule has 0 radical (unpaired) electrons. The summed E-state index contributed by atoms with van der Waals surface area (Å²) in [6, 6.07) is 1.97. The summed E-state index contributed by atoms with van der Waals surface area (Å²) < 4.78 is 3.33. The van der Waals surface area contributed by atoms with Crippen LogP contribution in [0.2, 0.25) is 5.02 Å². The van der Waals surface area contributed by atoms with Crippen LogP contribution in [-0.2, 0) is 6.54 Å². The Morgan fingerprint density at radius 2 is 1.85 bits per heavy atom. The number of nitrogens with zero attached hydrogens (tertiary/aromatic N) is 7. The fourth-order valence-electron chi connectivity index (χ4n) is 3.60. The van der Waals surface area contributed by atoms with E-state index in [-0.39, 0.29) is 10.6 Å². The lowest BCUT2D eigenvalue weighted by atomic mass is 10.2. The van der Waals surface area contributed by atoms with Crippen molar-refractivity contribution in [1.82, 2.24) is 24.4 Å². The molecule has 0 spiro atoms. The van der Waals surface area contributed by atoms with E-state index in [0.717, 1.165) is 43.2 Å². The van der Waals surface area contributed by atoms with Crippen molar-refractivity contribution in [2.45, 2.75) is 19.4 Å². The number of aromatic nitrogens is 5. The molecule has 3 aromatic heterocycles. The predicted molar refractivity (Wildman–Crippen MR) is 104 cm³/mol. The topological polar surface area (TPSA) is 71.6 Å². The fourth-order valence-corrected chi connectivity index (χ4v) is 3.86. The monoisotopic (exact) mass is 385 g/mol. The average molecular weight is 386 g/mol. The molecule has 0 amide bonds. The van der Waals surface area contributed by atoms with Crippen molar-refractivity contribution < 1.29 is 0 Å². The Hall–Kier alpha value is -2.61. The number of piperazine rings is 1. The molecule has 0 unspecified atom stereocenters. The van der Waals surface area contributed by atoms with Crippen LogP contribution >= 0.6 is 11.6 Å². The van der Waals surface area contributed by atoms with E-state index in [1.54, 1.807) is 18.6 Å². The molecule has 0 N–H and O–H groups in total. The second kappa shape index (κ2) is 6.53.